The summed E-state index contributed by atoms with van der Waals surface area (Å²) in [6.45, 7) is 4.00. The summed E-state index contributed by atoms with van der Waals surface area (Å²) in [6.07, 6.45) is 3.36. The van der Waals surface area contributed by atoms with Crippen molar-refractivity contribution >= 4 is 17.7 Å². The lowest BCUT2D eigenvalue weighted by molar-refractivity contribution is 0.0914. The Morgan fingerprint density at radius 3 is 2.50 bits per heavy atom. The van der Waals surface area contributed by atoms with E-state index >= 15 is 0 Å². The van der Waals surface area contributed by atoms with Gasteiger partial charge in [-0.3, -0.25) is 9.78 Å². The second-order valence-corrected chi connectivity index (χ2v) is 8.74. The molecular formula is C25H24N4O2S. The molecule has 1 atom stereocenters. The van der Waals surface area contributed by atoms with E-state index in [4.69, 9.17) is 4.52 Å². The highest BCUT2D eigenvalue weighted by atomic mass is 32.2. The summed E-state index contributed by atoms with van der Waals surface area (Å²) in [6, 6.07) is 21.2. The maximum Gasteiger partial charge on any atom is 0.251 e. The summed E-state index contributed by atoms with van der Waals surface area (Å²) in [5, 5.41) is 7.08. The molecule has 4 aromatic rings. The van der Waals surface area contributed by atoms with E-state index in [9.17, 15) is 4.79 Å². The van der Waals surface area contributed by atoms with Gasteiger partial charge in [-0.05, 0) is 47.9 Å². The fourth-order valence-corrected chi connectivity index (χ4v) is 4.01. The van der Waals surface area contributed by atoms with E-state index in [-0.39, 0.29) is 11.8 Å². The summed E-state index contributed by atoms with van der Waals surface area (Å²) in [5.74, 6) is 1.61. The first-order chi connectivity index (χ1) is 15.6. The minimum Gasteiger partial charge on any atom is -0.340 e. The number of pyridine rings is 1. The third-order valence-electron chi connectivity index (χ3n) is 4.95. The molecule has 7 heteroatoms. The van der Waals surface area contributed by atoms with Gasteiger partial charge in [0.1, 0.15) is 6.04 Å². The van der Waals surface area contributed by atoms with Crippen LogP contribution in [-0.4, -0.2) is 21.0 Å². The molecular weight excluding hydrogens is 420 g/mol. The van der Waals surface area contributed by atoms with Gasteiger partial charge in [-0.2, -0.15) is 4.98 Å². The average Bonchev–Trinajstić information content (AvgIpc) is 3.32. The highest BCUT2D eigenvalue weighted by Gasteiger charge is 2.25. The van der Waals surface area contributed by atoms with Gasteiger partial charge in [0.05, 0.1) is 0 Å². The molecule has 0 aliphatic rings. The van der Waals surface area contributed by atoms with Gasteiger partial charge < -0.3 is 9.84 Å². The fourth-order valence-electron chi connectivity index (χ4n) is 3.16. The molecule has 0 radical (unpaired) electrons. The van der Waals surface area contributed by atoms with Gasteiger partial charge in [-0.25, -0.2) is 0 Å². The molecule has 1 N–H and O–H groups in total. The summed E-state index contributed by atoms with van der Waals surface area (Å²) in [4.78, 5) is 22.6. The molecule has 0 fully saturated rings. The number of hydrogen-bond donors (Lipinski definition) is 1. The van der Waals surface area contributed by atoms with E-state index in [1.54, 1.807) is 24.2 Å². The molecule has 162 valence electrons. The lowest BCUT2D eigenvalue weighted by Gasteiger charge is -2.18. The number of nitrogens with one attached hydrogen (secondary N) is 1. The Bertz CT molecular complexity index is 1150. The largest absolute Gasteiger partial charge is 0.340 e. The van der Waals surface area contributed by atoms with Crippen molar-refractivity contribution in [2.45, 2.75) is 30.5 Å². The number of benzene rings is 2. The van der Waals surface area contributed by atoms with Crippen molar-refractivity contribution in [2.75, 3.05) is 0 Å². The Hall–Kier alpha value is -3.45. The van der Waals surface area contributed by atoms with Crippen LogP contribution in [0.5, 0.6) is 0 Å². The Balaban J connectivity index is 1.41. The number of carbonyl (C=O) groups excluding carboxylic acids is 1. The van der Waals surface area contributed by atoms with Crippen molar-refractivity contribution in [3.05, 3.63) is 96.1 Å². The Morgan fingerprint density at radius 2 is 1.81 bits per heavy atom. The molecule has 0 saturated heterocycles. The van der Waals surface area contributed by atoms with E-state index in [1.807, 2.05) is 68.4 Å². The number of aromatic nitrogens is 3. The lowest BCUT2D eigenvalue weighted by Crippen LogP contribution is -2.32. The molecule has 32 heavy (non-hydrogen) atoms. The lowest BCUT2D eigenvalue weighted by atomic mass is 10.0. The maximum absolute atomic E-state index is 12.9. The van der Waals surface area contributed by atoms with Gasteiger partial charge in [-0.15, -0.1) is 11.8 Å². The normalized spacial score (nSPS) is 12.0. The molecule has 2 heterocycles. The summed E-state index contributed by atoms with van der Waals surface area (Å²) in [5.41, 5.74) is 2.62. The SMILES string of the molecule is CC(C)C(NC(=O)c1ccc(SCc2ccccc2)cc1)c1nc(-c2cccnc2)no1. The molecule has 0 spiro atoms. The molecule has 4 rings (SSSR count). The number of rotatable bonds is 8. The van der Waals surface area contributed by atoms with Crippen LogP contribution in [0.3, 0.4) is 0 Å². The van der Waals surface area contributed by atoms with Crippen molar-refractivity contribution in [2.24, 2.45) is 5.92 Å². The number of carbonyl (C=O) groups is 1. The van der Waals surface area contributed by atoms with Crippen molar-refractivity contribution in [1.29, 1.82) is 0 Å². The monoisotopic (exact) mass is 444 g/mol. The third-order valence-corrected chi connectivity index (χ3v) is 6.03. The zero-order chi connectivity index (χ0) is 22.3. The molecule has 0 saturated carbocycles. The van der Waals surface area contributed by atoms with Crippen LogP contribution >= 0.6 is 11.8 Å². The Kier molecular flexibility index (Phi) is 6.97. The zero-order valence-electron chi connectivity index (χ0n) is 17.9. The molecule has 1 unspecified atom stereocenters. The predicted octanol–water partition coefficient (Wildman–Crippen LogP) is 5.55. The standard InChI is InChI=1S/C25H24N4O2S/c1-17(2)22(25-28-23(29-31-25)20-9-6-14-26-15-20)27-24(30)19-10-12-21(13-11-19)32-16-18-7-4-3-5-8-18/h3-15,17,22H,16H2,1-2H3,(H,27,30). The number of amides is 1. The van der Waals surface area contributed by atoms with Gasteiger partial charge in [-0.1, -0.05) is 49.3 Å². The predicted molar refractivity (Wildman–Crippen MR) is 125 cm³/mol. The quantitative estimate of drug-likeness (QED) is 0.359. The van der Waals surface area contributed by atoms with Crippen LogP contribution in [0.1, 0.15) is 41.7 Å². The zero-order valence-corrected chi connectivity index (χ0v) is 18.8. The van der Waals surface area contributed by atoms with Crippen LogP contribution in [-0.2, 0) is 5.75 Å². The van der Waals surface area contributed by atoms with E-state index in [1.165, 1.54) is 5.56 Å². The highest BCUT2D eigenvalue weighted by Crippen LogP contribution is 2.25. The number of nitrogens with zero attached hydrogens (tertiary/aromatic N) is 3. The number of hydrogen-bond acceptors (Lipinski definition) is 6. The minimum absolute atomic E-state index is 0.0712. The fraction of sp³-hybridized carbons (Fsp3) is 0.200. The van der Waals surface area contributed by atoms with Gasteiger partial charge >= 0.3 is 0 Å². The van der Waals surface area contributed by atoms with Crippen LogP contribution in [0.15, 0.2) is 88.5 Å². The summed E-state index contributed by atoms with van der Waals surface area (Å²) >= 11 is 1.74. The van der Waals surface area contributed by atoms with Crippen LogP contribution in [0, 0.1) is 5.92 Å². The van der Waals surface area contributed by atoms with E-state index < -0.39 is 6.04 Å². The van der Waals surface area contributed by atoms with E-state index in [0.717, 1.165) is 16.2 Å². The van der Waals surface area contributed by atoms with E-state index in [2.05, 4.69) is 32.6 Å². The Labute approximate surface area is 191 Å². The van der Waals surface area contributed by atoms with Gasteiger partial charge in [0.25, 0.3) is 5.91 Å². The maximum atomic E-state index is 12.9. The molecule has 2 aromatic carbocycles. The molecule has 6 nitrogen and oxygen atoms in total. The van der Waals surface area contributed by atoms with Crippen LogP contribution in [0.4, 0.5) is 0 Å². The van der Waals surface area contributed by atoms with Crippen LogP contribution in [0.25, 0.3) is 11.4 Å². The van der Waals surface area contributed by atoms with Crippen molar-refractivity contribution < 1.29 is 9.32 Å². The highest BCUT2D eigenvalue weighted by molar-refractivity contribution is 7.98. The van der Waals surface area contributed by atoms with Gasteiger partial charge in [0.2, 0.25) is 11.7 Å². The first-order valence-corrected chi connectivity index (χ1v) is 11.4. The molecule has 0 aliphatic carbocycles. The molecule has 0 bridgehead atoms. The second-order valence-electron chi connectivity index (χ2n) is 7.69. The molecule has 1 amide bonds. The molecule has 2 aromatic heterocycles. The summed E-state index contributed by atoms with van der Waals surface area (Å²) < 4.78 is 5.47. The van der Waals surface area contributed by atoms with Crippen molar-refractivity contribution in [1.82, 2.24) is 20.4 Å². The van der Waals surface area contributed by atoms with Crippen molar-refractivity contribution in [3.63, 3.8) is 0 Å². The first-order valence-electron chi connectivity index (χ1n) is 10.4. The topological polar surface area (TPSA) is 80.9 Å². The second kappa shape index (κ2) is 10.2. The smallest absolute Gasteiger partial charge is 0.251 e. The van der Waals surface area contributed by atoms with E-state index in [0.29, 0.717) is 17.3 Å². The third kappa shape index (κ3) is 5.42. The molecule has 0 aliphatic heterocycles. The van der Waals surface area contributed by atoms with Gasteiger partial charge in [0.15, 0.2) is 0 Å². The average molecular weight is 445 g/mol. The Morgan fingerprint density at radius 1 is 1.03 bits per heavy atom. The first kappa shape index (κ1) is 21.8. The van der Waals surface area contributed by atoms with Gasteiger partial charge in [0, 0.05) is 34.2 Å². The van der Waals surface area contributed by atoms with Crippen LogP contribution < -0.4 is 5.32 Å². The summed E-state index contributed by atoms with van der Waals surface area (Å²) in [7, 11) is 0. The number of thioether (sulfide) groups is 1. The van der Waals surface area contributed by atoms with Crippen LogP contribution in [0.2, 0.25) is 0 Å². The minimum atomic E-state index is -0.396. The van der Waals surface area contributed by atoms with Crippen molar-refractivity contribution in [3.8, 4) is 11.4 Å².